The SMILES string of the molecule is COC(OC)c1ccnc(OCC2CO2)c1. The van der Waals surface area contributed by atoms with E-state index in [0.717, 1.165) is 12.2 Å². The molecule has 5 nitrogen and oxygen atoms in total. The van der Waals surface area contributed by atoms with Gasteiger partial charge in [-0.15, -0.1) is 0 Å². The van der Waals surface area contributed by atoms with E-state index in [2.05, 4.69) is 4.98 Å². The molecule has 1 atom stereocenters. The van der Waals surface area contributed by atoms with Crippen LogP contribution in [0.5, 0.6) is 5.88 Å². The quantitative estimate of drug-likeness (QED) is 0.537. The van der Waals surface area contributed by atoms with Crippen LogP contribution in [0.1, 0.15) is 11.9 Å². The summed E-state index contributed by atoms with van der Waals surface area (Å²) in [6.07, 6.45) is 1.51. The van der Waals surface area contributed by atoms with Crippen molar-refractivity contribution in [3.63, 3.8) is 0 Å². The van der Waals surface area contributed by atoms with Gasteiger partial charge in [-0.05, 0) is 6.07 Å². The Morgan fingerprint density at radius 1 is 1.50 bits per heavy atom. The van der Waals surface area contributed by atoms with Crippen LogP contribution in [-0.2, 0) is 14.2 Å². The molecular weight excluding hydrogens is 210 g/mol. The van der Waals surface area contributed by atoms with Crippen LogP contribution in [0.25, 0.3) is 0 Å². The summed E-state index contributed by atoms with van der Waals surface area (Å²) >= 11 is 0. The zero-order valence-corrected chi connectivity index (χ0v) is 9.38. The molecule has 1 unspecified atom stereocenters. The minimum atomic E-state index is -0.387. The molecule has 0 spiro atoms. The normalized spacial score (nSPS) is 18.8. The number of nitrogens with zero attached hydrogens (tertiary/aromatic N) is 1. The van der Waals surface area contributed by atoms with Crippen molar-refractivity contribution in [2.45, 2.75) is 12.4 Å². The average Bonchev–Trinajstić information content (AvgIpc) is 3.13. The Balaban J connectivity index is 1.99. The van der Waals surface area contributed by atoms with Gasteiger partial charge in [-0.1, -0.05) is 0 Å². The summed E-state index contributed by atoms with van der Waals surface area (Å²) in [5, 5.41) is 0. The topological polar surface area (TPSA) is 53.1 Å². The maximum absolute atomic E-state index is 5.46. The van der Waals surface area contributed by atoms with Gasteiger partial charge < -0.3 is 18.9 Å². The second kappa shape index (κ2) is 5.25. The summed E-state index contributed by atoms with van der Waals surface area (Å²) in [7, 11) is 3.18. The van der Waals surface area contributed by atoms with E-state index >= 15 is 0 Å². The molecule has 1 aliphatic rings. The van der Waals surface area contributed by atoms with Crippen molar-refractivity contribution in [3.8, 4) is 5.88 Å². The van der Waals surface area contributed by atoms with E-state index < -0.39 is 0 Å². The zero-order chi connectivity index (χ0) is 11.4. The molecule has 0 amide bonds. The Morgan fingerprint density at radius 2 is 2.25 bits per heavy atom. The molecule has 0 radical (unpaired) electrons. The molecule has 2 rings (SSSR count). The molecule has 1 saturated heterocycles. The Labute approximate surface area is 94.3 Å². The van der Waals surface area contributed by atoms with E-state index in [1.807, 2.05) is 6.07 Å². The first-order chi connectivity index (χ1) is 7.83. The van der Waals surface area contributed by atoms with Crippen molar-refractivity contribution in [1.82, 2.24) is 4.98 Å². The fourth-order valence-corrected chi connectivity index (χ4v) is 1.36. The lowest BCUT2D eigenvalue weighted by molar-refractivity contribution is -0.106. The third-order valence-electron chi connectivity index (χ3n) is 2.28. The molecule has 1 aromatic heterocycles. The van der Waals surface area contributed by atoms with Gasteiger partial charge in [0.05, 0.1) is 6.61 Å². The Morgan fingerprint density at radius 3 is 2.88 bits per heavy atom. The highest BCUT2D eigenvalue weighted by Crippen LogP contribution is 2.20. The van der Waals surface area contributed by atoms with Crippen molar-refractivity contribution >= 4 is 0 Å². The number of rotatable bonds is 6. The van der Waals surface area contributed by atoms with Gasteiger partial charge in [0.1, 0.15) is 12.7 Å². The summed E-state index contributed by atoms with van der Waals surface area (Å²) in [6.45, 7) is 1.32. The van der Waals surface area contributed by atoms with Crippen molar-refractivity contribution in [1.29, 1.82) is 0 Å². The zero-order valence-electron chi connectivity index (χ0n) is 9.38. The molecule has 16 heavy (non-hydrogen) atoms. The Hall–Kier alpha value is -1.17. The summed E-state index contributed by atoms with van der Waals surface area (Å²) in [4.78, 5) is 4.10. The van der Waals surface area contributed by atoms with Gasteiger partial charge >= 0.3 is 0 Å². The summed E-state index contributed by atoms with van der Waals surface area (Å²) < 4.78 is 20.8. The molecule has 2 heterocycles. The fraction of sp³-hybridized carbons (Fsp3) is 0.545. The molecule has 0 aliphatic carbocycles. The fourth-order valence-electron chi connectivity index (χ4n) is 1.36. The summed E-state index contributed by atoms with van der Waals surface area (Å²) in [5.74, 6) is 0.562. The maximum atomic E-state index is 5.46. The Bertz CT molecular complexity index is 337. The minimum Gasteiger partial charge on any atom is -0.475 e. The third kappa shape index (κ3) is 2.91. The molecule has 0 saturated carbocycles. The number of hydrogen-bond donors (Lipinski definition) is 0. The van der Waals surface area contributed by atoms with Crippen LogP contribution in [0, 0.1) is 0 Å². The van der Waals surface area contributed by atoms with E-state index in [9.17, 15) is 0 Å². The minimum absolute atomic E-state index is 0.228. The number of aromatic nitrogens is 1. The molecular formula is C11H15NO4. The van der Waals surface area contributed by atoms with Crippen molar-refractivity contribution in [2.75, 3.05) is 27.4 Å². The number of pyridine rings is 1. The average molecular weight is 225 g/mol. The first kappa shape index (κ1) is 11.3. The first-order valence-corrected chi connectivity index (χ1v) is 5.09. The number of hydrogen-bond acceptors (Lipinski definition) is 5. The molecule has 0 N–H and O–H groups in total. The molecule has 1 aromatic rings. The Kier molecular flexibility index (Phi) is 3.71. The van der Waals surface area contributed by atoms with Crippen LogP contribution < -0.4 is 4.74 Å². The predicted molar refractivity (Wildman–Crippen MR) is 56.2 cm³/mol. The van der Waals surface area contributed by atoms with E-state index in [-0.39, 0.29) is 12.4 Å². The standard InChI is InChI=1S/C11H15NO4/c1-13-11(14-2)8-3-4-12-10(5-8)16-7-9-6-15-9/h3-5,9,11H,6-7H2,1-2H3. The molecule has 5 heteroatoms. The lowest BCUT2D eigenvalue weighted by Crippen LogP contribution is -2.07. The van der Waals surface area contributed by atoms with Crippen LogP contribution in [0.3, 0.4) is 0 Å². The number of epoxide rings is 1. The van der Waals surface area contributed by atoms with Crippen LogP contribution in [0.4, 0.5) is 0 Å². The largest absolute Gasteiger partial charge is 0.475 e. The van der Waals surface area contributed by atoms with Gasteiger partial charge in [0.25, 0.3) is 0 Å². The van der Waals surface area contributed by atoms with Crippen LogP contribution in [0.2, 0.25) is 0 Å². The van der Waals surface area contributed by atoms with Crippen molar-refractivity contribution in [3.05, 3.63) is 23.9 Å². The van der Waals surface area contributed by atoms with Crippen molar-refractivity contribution in [2.24, 2.45) is 0 Å². The van der Waals surface area contributed by atoms with E-state index in [1.165, 1.54) is 0 Å². The monoisotopic (exact) mass is 225 g/mol. The van der Waals surface area contributed by atoms with Gasteiger partial charge in [-0.2, -0.15) is 0 Å². The molecule has 0 aromatic carbocycles. The molecule has 1 fully saturated rings. The highest BCUT2D eigenvalue weighted by atomic mass is 16.7. The van der Waals surface area contributed by atoms with E-state index in [4.69, 9.17) is 18.9 Å². The smallest absolute Gasteiger partial charge is 0.213 e. The van der Waals surface area contributed by atoms with Crippen LogP contribution in [0.15, 0.2) is 18.3 Å². The van der Waals surface area contributed by atoms with Gasteiger partial charge in [-0.3, -0.25) is 0 Å². The van der Waals surface area contributed by atoms with Gasteiger partial charge in [0, 0.05) is 32.0 Å². The highest BCUT2D eigenvalue weighted by molar-refractivity contribution is 5.21. The third-order valence-corrected chi connectivity index (χ3v) is 2.28. The van der Waals surface area contributed by atoms with Gasteiger partial charge in [-0.25, -0.2) is 4.98 Å². The summed E-state index contributed by atoms with van der Waals surface area (Å²) in [5.41, 5.74) is 0.881. The lowest BCUT2D eigenvalue weighted by Gasteiger charge is -2.14. The van der Waals surface area contributed by atoms with Crippen LogP contribution >= 0.6 is 0 Å². The maximum Gasteiger partial charge on any atom is 0.213 e. The first-order valence-electron chi connectivity index (χ1n) is 5.09. The predicted octanol–water partition coefficient (Wildman–Crippen LogP) is 1.15. The highest BCUT2D eigenvalue weighted by Gasteiger charge is 2.23. The molecule has 88 valence electrons. The molecule has 0 bridgehead atoms. The molecule has 1 aliphatic heterocycles. The number of methoxy groups -OCH3 is 2. The van der Waals surface area contributed by atoms with Crippen LogP contribution in [-0.4, -0.2) is 38.5 Å². The second-order valence-electron chi connectivity index (χ2n) is 3.50. The van der Waals surface area contributed by atoms with Gasteiger partial charge in [0.2, 0.25) is 5.88 Å². The second-order valence-corrected chi connectivity index (χ2v) is 3.50. The number of ether oxygens (including phenoxy) is 4. The van der Waals surface area contributed by atoms with Crippen molar-refractivity contribution < 1.29 is 18.9 Å². The van der Waals surface area contributed by atoms with Gasteiger partial charge in [0.15, 0.2) is 6.29 Å². The summed E-state index contributed by atoms with van der Waals surface area (Å²) in [6, 6.07) is 3.64. The van der Waals surface area contributed by atoms with E-state index in [0.29, 0.717) is 12.5 Å². The lowest BCUT2D eigenvalue weighted by atomic mass is 10.2. The van der Waals surface area contributed by atoms with E-state index in [1.54, 1.807) is 26.5 Å².